The number of ketones is 1. The lowest BCUT2D eigenvalue weighted by Crippen LogP contribution is -2.19. The van der Waals surface area contributed by atoms with E-state index >= 15 is 0 Å². The Bertz CT molecular complexity index is 273. The van der Waals surface area contributed by atoms with Gasteiger partial charge in [0.15, 0.2) is 0 Å². The van der Waals surface area contributed by atoms with Crippen molar-refractivity contribution in [2.24, 2.45) is 5.92 Å². The number of nitrogens with one attached hydrogen (secondary N) is 1. The molecule has 0 spiro atoms. The number of carbonyl (C=O) groups is 2. The molecule has 0 aliphatic carbocycles. The molecule has 0 bridgehead atoms. The van der Waals surface area contributed by atoms with Crippen molar-refractivity contribution in [3.63, 3.8) is 0 Å². The molecule has 1 amide bonds. The third-order valence-corrected chi connectivity index (χ3v) is 2.73. The van der Waals surface area contributed by atoms with Crippen molar-refractivity contribution in [3.05, 3.63) is 0 Å². The van der Waals surface area contributed by atoms with Crippen LogP contribution >= 0.6 is 0 Å². The topological polar surface area (TPSA) is 83.1 Å². The van der Waals surface area contributed by atoms with Crippen molar-refractivity contribution in [2.45, 2.75) is 20.3 Å². The number of Topliss-reactive ketones (excluding diaryl/α,β-unsaturated/α-hetero) is 1. The molecule has 0 aliphatic rings. The molecule has 22 heavy (non-hydrogen) atoms. The maximum absolute atomic E-state index is 11.3. The van der Waals surface area contributed by atoms with Gasteiger partial charge in [-0.15, -0.1) is 0 Å². The Hall–Kier alpha value is -1.02. The summed E-state index contributed by atoms with van der Waals surface area (Å²) in [6.07, 6.45) is 1.10. The predicted molar refractivity (Wildman–Crippen MR) is 81.8 cm³/mol. The van der Waals surface area contributed by atoms with Gasteiger partial charge in [-0.1, -0.05) is 13.8 Å². The lowest BCUT2D eigenvalue weighted by atomic mass is 10.1. The summed E-state index contributed by atoms with van der Waals surface area (Å²) in [5, 5.41) is 2.50. The van der Waals surface area contributed by atoms with Gasteiger partial charge in [-0.2, -0.15) is 0 Å². The molecule has 0 fully saturated rings. The number of carbonyl (C=O) groups excluding carboxylic acids is 2. The molecule has 0 radical (unpaired) electrons. The standard InChI is InChI=1S/C15H29NO6/c1-14(2)15(18)3-5-19-7-9-21-11-12-22-10-8-20-6-4-16-13-17/h13-14H,3-12H2,1-2H3,(H,16,17). The molecule has 0 rings (SSSR count). The number of rotatable bonds is 17. The Morgan fingerprint density at radius 1 is 0.864 bits per heavy atom. The van der Waals surface area contributed by atoms with E-state index in [4.69, 9.17) is 18.9 Å². The lowest BCUT2D eigenvalue weighted by molar-refractivity contribution is -0.123. The number of ether oxygens (including phenoxy) is 4. The third kappa shape index (κ3) is 15.4. The van der Waals surface area contributed by atoms with Crippen molar-refractivity contribution >= 4 is 12.2 Å². The van der Waals surface area contributed by atoms with E-state index in [0.29, 0.717) is 72.2 Å². The molecule has 1 N–H and O–H groups in total. The molecule has 0 saturated heterocycles. The van der Waals surface area contributed by atoms with Crippen LogP contribution in [-0.2, 0) is 28.5 Å². The first-order valence-corrected chi connectivity index (χ1v) is 7.69. The molecule has 7 heteroatoms. The summed E-state index contributed by atoms with van der Waals surface area (Å²) >= 11 is 0. The zero-order valence-electron chi connectivity index (χ0n) is 13.7. The van der Waals surface area contributed by atoms with Crippen LogP contribution in [0.3, 0.4) is 0 Å². The highest BCUT2D eigenvalue weighted by atomic mass is 16.6. The van der Waals surface area contributed by atoms with E-state index in [1.54, 1.807) is 0 Å². The molecular formula is C15H29NO6. The number of amides is 1. The fraction of sp³-hybridized carbons (Fsp3) is 0.867. The van der Waals surface area contributed by atoms with Crippen LogP contribution in [0.5, 0.6) is 0 Å². The molecule has 0 aromatic rings. The summed E-state index contributed by atoms with van der Waals surface area (Å²) in [5.41, 5.74) is 0. The van der Waals surface area contributed by atoms with E-state index in [2.05, 4.69) is 5.32 Å². The monoisotopic (exact) mass is 319 g/mol. The van der Waals surface area contributed by atoms with Gasteiger partial charge in [0, 0.05) is 18.9 Å². The SMILES string of the molecule is CC(C)C(=O)CCOCCOCCOCCOCCNC=O. The Kier molecular flexibility index (Phi) is 15.6. The average molecular weight is 319 g/mol. The van der Waals surface area contributed by atoms with Crippen molar-refractivity contribution in [3.8, 4) is 0 Å². The molecule has 0 atom stereocenters. The zero-order chi connectivity index (χ0) is 16.5. The Morgan fingerprint density at radius 2 is 1.32 bits per heavy atom. The summed E-state index contributed by atoms with van der Waals surface area (Å²) in [4.78, 5) is 21.3. The molecule has 0 aromatic carbocycles. The molecule has 0 aromatic heterocycles. The van der Waals surface area contributed by atoms with E-state index in [-0.39, 0.29) is 11.7 Å². The minimum Gasteiger partial charge on any atom is -0.379 e. The van der Waals surface area contributed by atoms with Crippen molar-refractivity contribution in [2.75, 3.05) is 59.4 Å². The summed E-state index contributed by atoms with van der Waals surface area (Å²) in [7, 11) is 0. The van der Waals surface area contributed by atoms with Gasteiger partial charge < -0.3 is 24.3 Å². The fourth-order valence-corrected chi connectivity index (χ4v) is 1.41. The maximum Gasteiger partial charge on any atom is 0.207 e. The second-order valence-corrected chi connectivity index (χ2v) is 4.89. The summed E-state index contributed by atoms with van der Waals surface area (Å²) in [5.74, 6) is 0.292. The lowest BCUT2D eigenvalue weighted by Gasteiger charge is -2.08. The van der Waals surface area contributed by atoms with Crippen LogP contribution in [0.15, 0.2) is 0 Å². The summed E-state index contributed by atoms with van der Waals surface area (Å²) in [6, 6.07) is 0. The Balaban J connectivity index is 3.05. The van der Waals surface area contributed by atoms with Gasteiger partial charge in [0.25, 0.3) is 0 Å². The van der Waals surface area contributed by atoms with E-state index in [9.17, 15) is 9.59 Å². The van der Waals surface area contributed by atoms with Crippen LogP contribution in [0, 0.1) is 5.92 Å². The zero-order valence-corrected chi connectivity index (χ0v) is 13.7. The largest absolute Gasteiger partial charge is 0.379 e. The molecule has 0 aliphatic heterocycles. The second-order valence-electron chi connectivity index (χ2n) is 4.89. The highest BCUT2D eigenvalue weighted by Crippen LogP contribution is 1.98. The number of hydrogen-bond acceptors (Lipinski definition) is 6. The van der Waals surface area contributed by atoms with Crippen LogP contribution in [-0.4, -0.2) is 71.6 Å². The maximum atomic E-state index is 11.3. The number of hydrogen-bond donors (Lipinski definition) is 1. The Morgan fingerprint density at radius 3 is 1.77 bits per heavy atom. The molecular weight excluding hydrogens is 290 g/mol. The first-order chi connectivity index (χ1) is 10.7. The van der Waals surface area contributed by atoms with Gasteiger partial charge >= 0.3 is 0 Å². The first-order valence-electron chi connectivity index (χ1n) is 7.69. The average Bonchev–Trinajstić information content (AvgIpc) is 2.50. The van der Waals surface area contributed by atoms with E-state index in [0.717, 1.165) is 0 Å². The van der Waals surface area contributed by atoms with Crippen LogP contribution in [0.4, 0.5) is 0 Å². The molecule has 0 heterocycles. The third-order valence-electron chi connectivity index (χ3n) is 2.73. The molecule has 130 valence electrons. The highest BCUT2D eigenvalue weighted by molar-refractivity contribution is 5.80. The van der Waals surface area contributed by atoms with Crippen molar-refractivity contribution < 1.29 is 28.5 Å². The van der Waals surface area contributed by atoms with E-state index in [1.807, 2.05) is 13.8 Å². The summed E-state index contributed by atoms with van der Waals surface area (Å²) < 4.78 is 21.1. The van der Waals surface area contributed by atoms with Gasteiger partial charge in [0.1, 0.15) is 5.78 Å². The van der Waals surface area contributed by atoms with Gasteiger partial charge in [-0.25, -0.2) is 0 Å². The van der Waals surface area contributed by atoms with Gasteiger partial charge in [0.2, 0.25) is 6.41 Å². The van der Waals surface area contributed by atoms with Crippen molar-refractivity contribution in [1.82, 2.24) is 5.32 Å². The van der Waals surface area contributed by atoms with Gasteiger partial charge in [0.05, 0.1) is 52.9 Å². The van der Waals surface area contributed by atoms with Crippen LogP contribution < -0.4 is 5.32 Å². The normalized spacial score (nSPS) is 10.9. The highest BCUT2D eigenvalue weighted by Gasteiger charge is 2.05. The molecule has 0 unspecified atom stereocenters. The minimum absolute atomic E-state index is 0.0715. The molecule has 7 nitrogen and oxygen atoms in total. The van der Waals surface area contributed by atoms with Gasteiger partial charge in [-0.05, 0) is 0 Å². The predicted octanol–water partition coefficient (Wildman–Crippen LogP) is 0.414. The molecule has 0 saturated carbocycles. The quantitative estimate of drug-likeness (QED) is 0.309. The van der Waals surface area contributed by atoms with Crippen molar-refractivity contribution in [1.29, 1.82) is 0 Å². The first kappa shape index (κ1) is 21.0. The van der Waals surface area contributed by atoms with E-state index < -0.39 is 0 Å². The fourth-order valence-electron chi connectivity index (χ4n) is 1.41. The summed E-state index contributed by atoms with van der Waals surface area (Å²) in [6.45, 7) is 8.19. The van der Waals surface area contributed by atoms with Crippen LogP contribution in [0.25, 0.3) is 0 Å². The van der Waals surface area contributed by atoms with Crippen LogP contribution in [0.1, 0.15) is 20.3 Å². The van der Waals surface area contributed by atoms with Gasteiger partial charge in [-0.3, -0.25) is 9.59 Å². The Labute approximate surface area is 132 Å². The van der Waals surface area contributed by atoms with Crippen LogP contribution in [0.2, 0.25) is 0 Å². The second kappa shape index (κ2) is 16.4. The minimum atomic E-state index is 0.0715. The smallest absolute Gasteiger partial charge is 0.207 e. The van der Waals surface area contributed by atoms with E-state index in [1.165, 1.54) is 0 Å².